The highest BCUT2D eigenvalue weighted by Crippen LogP contribution is 2.20. The van der Waals surface area contributed by atoms with Gasteiger partial charge in [-0.1, -0.05) is 58.0 Å². The van der Waals surface area contributed by atoms with Crippen molar-refractivity contribution in [2.75, 3.05) is 13.1 Å². The van der Waals surface area contributed by atoms with Gasteiger partial charge in [0.1, 0.15) is 0 Å². The molecular formula is C18H30N2. The Kier molecular flexibility index (Phi) is 5.62. The topological polar surface area (TPSA) is 15.3 Å². The molecule has 0 amide bonds. The van der Waals surface area contributed by atoms with Gasteiger partial charge in [0.2, 0.25) is 0 Å². The average Bonchev–Trinajstić information content (AvgIpc) is 2.39. The van der Waals surface area contributed by atoms with Crippen LogP contribution in [0.4, 0.5) is 0 Å². The van der Waals surface area contributed by atoms with E-state index in [1.165, 1.54) is 18.5 Å². The average molecular weight is 274 g/mol. The second kappa shape index (κ2) is 7.24. The summed E-state index contributed by atoms with van der Waals surface area (Å²) in [5.41, 5.74) is 1.43. The molecule has 1 aromatic carbocycles. The second-order valence-electron chi connectivity index (χ2n) is 6.96. The fraction of sp³-hybridized carbons (Fsp3) is 0.667. The van der Waals surface area contributed by atoms with Crippen LogP contribution < -0.4 is 5.32 Å². The number of hydrogen-bond acceptors (Lipinski definition) is 2. The standard InChI is InChI=1S/C18H30N2/c1-14(2)10-17-13-20(18(11-19-17)15(3)4)12-16-8-6-5-7-9-16/h5-9,14-15,17-19H,10-13H2,1-4H3/t17-,18+/m1/s1. The first kappa shape index (κ1) is 15.5. The molecule has 2 heteroatoms. The van der Waals surface area contributed by atoms with Gasteiger partial charge in [-0.05, 0) is 23.8 Å². The summed E-state index contributed by atoms with van der Waals surface area (Å²) in [6.07, 6.45) is 1.27. The van der Waals surface area contributed by atoms with Crippen LogP contribution in [-0.2, 0) is 6.54 Å². The molecule has 0 spiro atoms. The van der Waals surface area contributed by atoms with E-state index in [9.17, 15) is 0 Å². The van der Waals surface area contributed by atoms with Gasteiger partial charge in [-0.3, -0.25) is 4.90 Å². The lowest BCUT2D eigenvalue weighted by Gasteiger charge is -2.43. The van der Waals surface area contributed by atoms with Crippen LogP contribution >= 0.6 is 0 Å². The molecule has 0 bridgehead atoms. The first-order valence-electron chi connectivity index (χ1n) is 8.07. The molecule has 2 nitrogen and oxygen atoms in total. The van der Waals surface area contributed by atoms with E-state index in [0.29, 0.717) is 18.0 Å². The van der Waals surface area contributed by atoms with Crippen molar-refractivity contribution >= 4 is 0 Å². The van der Waals surface area contributed by atoms with Gasteiger partial charge in [0.05, 0.1) is 0 Å². The lowest BCUT2D eigenvalue weighted by atomic mass is 9.94. The number of hydrogen-bond donors (Lipinski definition) is 1. The fourth-order valence-electron chi connectivity index (χ4n) is 3.28. The number of piperazine rings is 1. The Hall–Kier alpha value is -0.860. The van der Waals surface area contributed by atoms with Crippen molar-refractivity contribution in [3.05, 3.63) is 35.9 Å². The van der Waals surface area contributed by atoms with Crippen LogP contribution in [0.1, 0.15) is 39.7 Å². The molecule has 0 aliphatic carbocycles. The molecule has 1 aliphatic rings. The van der Waals surface area contributed by atoms with Crippen LogP contribution in [0.15, 0.2) is 30.3 Å². The van der Waals surface area contributed by atoms with Crippen LogP contribution in [0.5, 0.6) is 0 Å². The van der Waals surface area contributed by atoms with Crippen LogP contribution in [-0.4, -0.2) is 30.1 Å². The van der Waals surface area contributed by atoms with E-state index in [4.69, 9.17) is 0 Å². The molecule has 112 valence electrons. The zero-order valence-electron chi connectivity index (χ0n) is 13.5. The van der Waals surface area contributed by atoms with E-state index in [1.54, 1.807) is 0 Å². The third kappa shape index (κ3) is 4.32. The van der Waals surface area contributed by atoms with Crippen molar-refractivity contribution < 1.29 is 0 Å². The molecule has 1 saturated heterocycles. The SMILES string of the molecule is CC(C)C[C@@H]1CN(Cc2ccccc2)[C@H](C(C)C)CN1. The minimum atomic E-state index is 0.647. The maximum atomic E-state index is 3.76. The van der Waals surface area contributed by atoms with E-state index in [-0.39, 0.29) is 0 Å². The van der Waals surface area contributed by atoms with Gasteiger partial charge in [-0.25, -0.2) is 0 Å². The van der Waals surface area contributed by atoms with E-state index >= 15 is 0 Å². The smallest absolute Gasteiger partial charge is 0.0247 e. The predicted molar refractivity (Wildman–Crippen MR) is 86.7 cm³/mol. The van der Waals surface area contributed by atoms with E-state index in [2.05, 4.69) is 68.2 Å². The summed E-state index contributed by atoms with van der Waals surface area (Å²) in [4.78, 5) is 2.68. The Morgan fingerprint density at radius 3 is 2.45 bits per heavy atom. The van der Waals surface area contributed by atoms with E-state index in [1.807, 2.05) is 0 Å². The maximum Gasteiger partial charge on any atom is 0.0247 e. The molecule has 0 aromatic heterocycles. The van der Waals surface area contributed by atoms with Crippen LogP contribution in [0.2, 0.25) is 0 Å². The molecule has 1 aliphatic heterocycles. The summed E-state index contributed by atoms with van der Waals surface area (Å²) in [6, 6.07) is 12.2. The largest absolute Gasteiger partial charge is 0.311 e. The quantitative estimate of drug-likeness (QED) is 0.883. The molecule has 1 heterocycles. The molecule has 0 radical (unpaired) electrons. The van der Waals surface area contributed by atoms with Gasteiger partial charge in [0.15, 0.2) is 0 Å². The van der Waals surface area contributed by atoms with Gasteiger partial charge < -0.3 is 5.32 Å². The molecule has 2 rings (SSSR count). The van der Waals surface area contributed by atoms with Crippen molar-refractivity contribution in [2.45, 2.75) is 52.7 Å². The Balaban J connectivity index is 2.03. The van der Waals surface area contributed by atoms with Gasteiger partial charge in [0.25, 0.3) is 0 Å². The van der Waals surface area contributed by atoms with E-state index in [0.717, 1.165) is 19.0 Å². The highest BCUT2D eigenvalue weighted by Gasteiger charge is 2.29. The molecule has 0 unspecified atom stereocenters. The Morgan fingerprint density at radius 2 is 1.85 bits per heavy atom. The van der Waals surface area contributed by atoms with Crippen LogP contribution in [0.3, 0.4) is 0 Å². The molecule has 1 N–H and O–H groups in total. The molecule has 1 fully saturated rings. The van der Waals surface area contributed by atoms with Gasteiger partial charge in [-0.15, -0.1) is 0 Å². The number of benzene rings is 1. The highest BCUT2D eigenvalue weighted by molar-refractivity contribution is 5.15. The van der Waals surface area contributed by atoms with Crippen molar-refractivity contribution in [3.63, 3.8) is 0 Å². The van der Waals surface area contributed by atoms with Gasteiger partial charge in [0, 0.05) is 31.7 Å². The van der Waals surface area contributed by atoms with Crippen molar-refractivity contribution in [2.24, 2.45) is 11.8 Å². The first-order valence-corrected chi connectivity index (χ1v) is 8.07. The van der Waals surface area contributed by atoms with Crippen molar-refractivity contribution in [1.29, 1.82) is 0 Å². The van der Waals surface area contributed by atoms with Gasteiger partial charge in [-0.2, -0.15) is 0 Å². The van der Waals surface area contributed by atoms with Gasteiger partial charge >= 0.3 is 0 Å². The van der Waals surface area contributed by atoms with E-state index < -0.39 is 0 Å². The fourth-order valence-corrected chi connectivity index (χ4v) is 3.28. The first-order chi connectivity index (χ1) is 9.56. The van der Waals surface area contributed by atoms with Crippen molar-refractivity contribution in [3.8, 4) is 0 Å². The lowest BCUT2D eigenvalue weighted by Crippen LogP contribution is -2.58. The Morgan fingerprint density at radius 1 is 1.15 bits per heavy atom. The predicted octanol–water partition coefficient (Wildman–Crippen LogP) is 3.53. The zero-order chi connectivity index (χ0) is 14.5. The summed E-state index contributed by atoms with van der Waals surface area (Å²) in [5, 5.41) is 3.76. The minimum absolute atomic E-state index is 0.647. The number of nitrogens with one attached hydrogen (secondary N) is 1. The van der Waals surface area contributed by atoms with Crippen LogP contribution in [0, 0.1) is 11.8 Å². The van der Waals surface area contributed by atoms with Crippen molar-refractivity contribution in [1.82, 2.24) is 10.2 Å². The summed E-state index contributed by atoms with van der Waals surface area (Å²) < 4.78 is 0. The number of rotatable bonds is 5. The monoisotopic (exact) mass is 274 g/mol. The highest BCUT2D eigenvalue weighted by atomic mass is 15.2. The summed E-state index contributed by atoms with van der Waals surface area (Å²) in [7, 11) is 0. The molecule has 20 heavy (non-hydrogen) atoms. The lowest BCUT2D eigenvalue weighted by molar-refractivity contribution is 0.0852. The number of nitrogens with zero attached hydrogens (tertiary/aromatic N) is 1. The Bertz CT molecular complexity index is 386. The summed E-state index contributed by atoms with van der Waals surface area (Å²) in [5.74, 6) is 1.47. The second-order valence-corrected chi connectivity index (χ2v) is 6.96. The third-order valence-corrected chi connectivity index (χ3v) is 4.29. The van der Waals surface area contributed by atoms with Crippen LogP contribution in [0.25, 0.3) is 0 Å². The molecule has 0 saturated carbocycles. The Labute approximate surface area is 124 Å². The molecule has 1 aromatic rings. The third-order valence-electron chi connectivity index (χ3n) is 4.29. The summed E-state index contributed by atoms with van der Waals surface area (Å²) in [6.45, 7) is 12.7. The zero-order valence-corrected chi connectivity index (χ0v) is 13.5. The minimum Gasteiger partial charge on any atom is -0.311 e. The summed E-state index contributed by atoms with van der Waals surface area (Å²) >= 11 is 0. The molecular weight excluding hydrogens is 244 g/mol. The normalized spacial score (nSPS) is 24.5. The maximum absolute atomic E-state index is 3.76. The molecule has 2 atom stereocenters.